The second-order valence-electron chi connectivity index (χ2n) is 6.81. The van der Waals surface area contributed by atoms with Gasteiger partial charge in [-0.1, -0.05) is 35.5 Å². The summed E-state index contributed by atoms with van der Waals surface area (Å²) in [6.45, 7) is 8.82. The molecule has 0 saturated carbocycles. The summed E-state index contributed by atoms with van der Waals surface area (Å²) in [5.74, 6) is 0.879. The van der Waals surface area contributed by atoms with Gasteiger partial charge in [0, 0.05) is 37.8 Å². The van der Waals surface area contributed by atoms with Gasteiger partial charge in [-0.25, -0.2) is 0 Å². The molecule has 1 aromatic heterocycles. The molecule has 0 aliphatic carbocycles. The van der Waals surface area contributed by atoms with E-state index in [2.05, 4.69) is 48.2 Å². The van der Waals surface area contributed by atoms with Gasteiger partial charge in [0.1, 0.15) is 5.76 Å². The Bertz CT molecular complexity index is 698. The zero-order valence-corrected chi connectivity index (χ0v) is 15.3. The molecule has 1 aromatic carbocycles. The van der Waals surface area contributed by atoms with Crippen molar-refractivity contribution in [3.8, 4) is 0 Å². The number of nitrogens with zero attached hydrogens (tertiary/aromatic N) is 3. The molecule has 0 bridgehead atoms. The maximum Gasteiger partial charge on any atom is 0.229 e. The summed E-state index contributed by atoms with van der Waals surface area (Å²) in [7, 11) is 0. The minimum atomic E-state index is 0.134. The zero-order valence-electron chi connectivity index (χ0n) is 15.3. The van der Waals surface area contributed by atoms with Crippen LogP contribution >= 0.6 is 0 Å². The first-order valence-electron chi connectivity index (χ1n) is 9.09. The average molecular weight is 341 g/mol. The van der Waals surface area contributed by atoms with Gasteiger partial charge in [-0.2, -0.15) is 0 Å². The molecule has 0 unspecified atom stereocenters. The van der Waals surface area contributed by atoms with Crippen LogP contribution in [0.2, 0.25) is 0 Å². The lowest BCUT2D eigenvalue weighted by Gasteiger charge is -2.29. The topological polar surface area (TPSA) is 49.6 Å². The van der Waals surface area contributed by atoms with Crippen molar-refractivity contribution < 1.29 is 9.32 Å². The number of likely N-dealkylation sites (tertiary alicyclic amines) is 1. The summed E-state index contributed by atoms with van der Waals surface area (Å²) in [6.07, 6.45) is 1.34. The van der Waals surface area contributed by atoms with E-state index in [-0.39, 0.29) is 11.9 Å². The Morgan fingerprint density at radius 2 is 2.16 bits per heavy atom. The minimum Gasteiger partial charge on any atom is -0.361 e. The van der Waals surface area contributed by atoms with Gasteiger partial charge in [0.05, 0.1) is 12.1 Å². The molecule has 1 fully saturated rings. The smallest absolute Gasteiger partial charge is 0.229 e. The summed E-state index contributed by atoms with van der Waals surface area (Å²) in [5, 5.41) is 3.95. The van der Waals surface area contributed by atoms with Gasteiger partial charge in [-0.15, -0.1) is 0 Å². The van der Waals surface area contributed by atoms with Crippen LogP contribution < -0.4 is 0 Å². The van der Waals surface area contributed by atoms with Crippen LogP contribution in [0.1, 0.15) is 43.3 Å². The minimum absolute atomic E-state index is 0.134. The monoisotopic (exact) mass is 341 g/mol. The second-order valence-corrected chi connectivity index (χ2v) is 6.81. The Kier molecular flexibility index (Phi) is 5.53. The van der Waals surface area contributed by atoms with E-state index in [0.717, 1.165) is 31.8 Å². The zero-order chi connectivity index (χ0) is 17.8. The highest BCUT2D eigenvalue weighted by atomic mass is 16.5. The predicted octanol–water partition coefficient (Wildman–Crippen LogP) is 3.21. The highest BCUT2D eigenvalue weighted by Crippen LogP contribution is 2.26. The number of carbonyl (C=O) groups excluding carboxylic acids is 1. The molecular weight excluding hydrogens is 314 g/mol. The summed E-state index contributed by atoms with van der Waals surface area (Å²) >= 11 is 0. The van der Waals surface area contributed by atoms with Crippen molar-refractivity contribution in [1.29, 1.82) is 0 Å². The molecular formula is C20H27N3O2. The molecule has 0 radical (unpaired) electrons. The number of likely N-dealkylation sites (N-methyl/N-ethyl adjacent to an activating group) is 1. The summed E-state index contributed by atoms with van der Waals surface area (Å²) in [6, 6.07) is 13.1. The van der Waals surface area contributed by atoms with Gasteiger partial charge in [-0.3, -0.25) is 9.69 Å². The highest BCUT2D eigenvalue weighted by Gasteiger charge is 2.32. The van der Waals surface area contributed by atoms with E-state index in [9.17, 15) is 4.79 Å². The molecule has 2 heterocycles. The predicted molar refractivity (Wildman–Crippen MR) is 97.2 cm³/mol. The van der Waals surface area contributed by atoms with Crippen LogP contribution in [0.25, 0.3) is 0 Å². The average Bonchev–Trinajstić information content (AvgIpc) is 3.25. The van der Waals surface area contributed by atoms with Crippen LogP contribution in [-0.2, 0) is 11.2 Å². The number of rotatable bonds is 6. The Morgan fingerprint density at radius 1 is 1.40 bits per heavy atom. The van der Waals surface area contributed by atoms with Crippen LogP contribution in [0.3, 0.4) is 0 Å². The maximum absolute atomic E-state index is 12.7. The number of hydrogen-bond acceptors (Lipinski definition) is 4. The third-order valence-corrected chi connectivity index (χ3v) is 5.14. The fourth-order valence-electron chi connectivity index (χ4n) is 3.71. The standard InChI is InChI=1S/C20H27N3O2/c1-4-23(20(24)13-18-12-15(2)25-21-18)19-10-11-22(14-19)16(3)17-8-6-5-7-9-17/h5-9,12,16,19H,4,10-11,13-14H2,1-3H3/t16-,19+/m1/s1. The van der Waals surface area contributed by atoms with Gasteiger partial charge in [0.15, 0.2) is 0 Å². The number of aryl methyl sites for hydroxylation is 1. The Hall–Kier alpha value is -2.14. The number of benzene rings is 1. The van der Waals surface area contributed by atoms with Gasteiger partial charge >= 0.3 is 0 Å². The van der Waals surface area contributed by atoms with E-state index in [1.54, 1.807) is 0 Å². The van der Waals surface area contributed by atoms with Gasteiger partial charge in [0.2, 0.25) is 5.91 Å². The van der Waals surface area contributed by atoms with E-state index >= 15 is 0 Å². The molecule has 2 atom stereocenters. The first kappa shape index (κ1) is 17.7. The summed E-state index contributed by atoms with van der Waals surface area (Å²) < 4.78 is 5.07. The van der Waals surface area contributed by atoms with Crippen LogP contribution in [0.15, 0.2) is 40.9 Å². The number of hydrogen-bond donors (Lipinski definition) is 0. The van der Waals surface area contributed by atoms with Crippen molar-refractivity contribution in [2.24, 2.45) is 0 Å². The maximum atomic E-state index is 12.7. The van der Waals surface area contributed by atoms with Crippen molar-refractivity contribution >= 4 is 5.91 Å². The van der Waals surface area contributed by atoms with E-state index in [1.807, 2.05) is 24.0 Å². The lowest BCUT2D eigenvalue weighted by Crippen LogP contribution is -2.42. The van der Waals surface area contributed by atoms with Crippen LogP contribution in [0.4, 0.5) is 0 Å². The third kappa shape index (κ3) is 4.10. The van der Waals surface area contributed by atoms with Crippen molar-refractivity contribution in [2.75, 3.05) is 19.6 Å². The van der Waals surface area contributed by atoms with Crippen LogP contribution in [0.5, 0.6) is 0 Å². The first-order chi connectivity index (χ1) is 12.1. The van der Waals surface area contributed by atoms with E-state index in [4.69, 9.17) is 4.52 Å². The highest BCUT2D eigenvalue weighted by molar-refractivity contribution is 5.78. The van der Waals surface area contributed by atoms with E-state index in [1.165, 1.54) is 5.56 Å². The Morgan fingerprint density at radius 3 is 2.80 bits per heavy atom. The summed E-state index contributed by atoms with van der Waals surface area (Å²) in [5.41, 5.74) is 2.05. The van der Waals surface area contributed by atoms with Crippen molar-refractivity contribution in [1.82, 2.24) is 15.0 Å². The first-order valence-corrected chi connectivity index (χ1v) is 9.09. The normalized spacial score (nSPS) is 19.1. The molecule has 0 N–H and O–H groups in total. The molecule has 25 heavy (non-hydrogen) atoms. The second kappa shape index (κ2) is 7.83. The lowest BCUT2D eigenvalue weighted by molar-refractivity contribution is -0.132. The lowest BCUT2D eigenvalue weighted by atomic mass is 10.1. The van der Waals surface area contributed by atoms with Crippen molar-refractivity contribution in [2.45, 2.75) is 45.7 Å². The summed E-state index contributed by atoms with van der Waals surface area (Å²) in [4.78, 5) is 17.2. The van der Waals surface area contributed by atoms with Gasteiger partial charge in [-0.05, 0) is 32.8 Å². The SMILES string of the molecule is CCN(C(=O)Cc1cc(C)on1)[C@H]1CCN([C@H](C)c2ccccc2)C1. The van der Waals surface area contributed by atoms with E-state index < -0.39 is 0 Å². The fourth-order valence-corrected chi connectivity index (χ4v) is 3.71. The molecule has 1 aliphatic heterocycles. The number of aromatic nitrogens is 1. The van der Waals surface area contributed by atoms with Gasteiger partial charge < -0.3 is 9.42 Å². The molecule has 0 spiro atoms. The van der Waals surface area contributed by atoms with Crippen LogP contribution in [0, 0.1) is 6.92 Å². The fraction of sp³-hybridized carbons (Fsp3) is 0.500. The largest absolute Gasteiger partial charge is 0.361 e. The van der Waals surface area contributed by atoms with E-state index in [0.29, 0.717) is 18.2 Å². The Labute approximate surface area is 149 Å². The van der Waals surface area contributed by atoms with Crippen molar-refractivity contribution in [3.63, 3.8) is 0 Å². The molecule has 1 aliphatic rings. The number of carbonyl (C=O) groups is 1. The van der Waals surface area contributed by atoms with Gasteiger partial charge in [0.25, 0.3) is 0 Å². The quantitative estimate of drug-likeness (QED) is 0.809. The molecule has 134 valence electrons. The Balaban J connectivity index is 1.61. The molecule has 1 amide bonds. The third-order valence-electron chi connectivity index (χ3n) is 5.14. The molecule has 5 heteroatoms. The molecule has 1 saturated heterocycles. The number of amides is 1. The molecule has 5 nitrogen and oxygen atoms in total. The molecule has 3 rings (SSSR count). The molecule has 2 aromatic rings. The van der Waals surface area contributed by atoms with Crippen molar-refractivity contribution in [3.05, 3.63) is 53.4 Å². The van der Waals surface area contributed by atoms with Crippen LogP contribution in [-0.4, -0.2) is 46.5 Å².